The second-order valence-electron chi connectivity index (χ2n) is 13.5. The molecule has 0 unspecified atom stereocenters. The lowest BCUT2D eigenvalue weighted by molar-refractivity contribution is 0.114. The smallest absolute Gasteiger partial charge is 0.224 e. The first-order valence-corrected chi connectivity index (χ1v) is 18.7. The summed E-state index contributed by atoms with van der Waals surface area (Å²) in [6, 6.07) is 10.5. The largest absolute Gasteiger partial charge is 0.414 e. The van der Waals surface area contributed by atoms with E-state index in [1.54, 1.807) is 6.20 Å². The molecule has 2 aliphatic rings. The first-order chi connectivity index (χ1) is 19.5. The third-order valence-corrected chi connectivity index (χ3v) is 14.4. The van der Waals surface area contributed by atoms with Crippen molar-refractivity contribution in [2.24, 2.45) is 11.8 Å². The van der Waals surface area contributed by atoms with Crippen LogP contribution in [0.1, 0.15) is 83.3 Å². The van der Waals surface area contributed by atoms with E-state index in [2.05, 4.69) is 65.9 Å². The Hall–Kier alpha value is -2.18. The number of halogens is 1. The molecule has 3 N–H and O–H groups in total. The quantitative estimate of drug-likeness (QED) is 0.228. The standard InChI is InChI=1S/C32H49ClN6OSi/c1-32(2,3)41(4,5)40-28-16-12-24(13-17-28)19-35-27-14-10-23(11-15-27)20-36-30-26(18-34)22-38-31(39-30)37-21-25-8-6-7-9-29(25)33/h6-9,22-24,27-28,35H,10-17,19-21H2,1-5H3,(H2,36,37,38,39). The van der Waals surface area contributed by atoms with E-state index in [1.807, 2.05) is 24.3 Å². The zero-order valence-electron chi connectivity index (χ0n) is 25.6. The predicted molar refractivity (Wildman–Crippen MR) is 172 cm³/mol. The maximum Gasteiger partial charge on any atom is 0.224 e. The minimum absolute atomic E-state index is 0.282. The molecule has 1 aromatic carbocycles. The number of rotatable bonds is 11. The number of hydrogen-bond acceptors (Lipinski definition) is 7. The molecular formula is C32H49ClN6OSi. The Labute approximate surface area is 253 Å². The van der Waals surface area contributed by atoms with Crippen molar-refractivity contribution in [3.05, 3.63) is 46.6 Å². The highest BCUT2D eigenvalue weighted by Crippen LogP contribution is 2.39. The van der Waals surface area contributed by atoms with Crippen LogP contribution in [0.3, 0.4) is 0 Å². The normalized spacial score (nSPS) is 23.5. The van der Waals surface area contributed by atoms with E-state index < -0.39 is 8.32 Å². The number of nitrogens with zero attached hydrogens (tertiary/aromatic N) is 3. The molecule has 224 valence electrons. The Morgan fingerprint density at radius 2 is 1.63 bits per heavy atom. The van der Waals surface area contributed by atoms with Gasteiger partial charge in [-0.15, -0.1) is 0 Å². The predicted octanol–water partition coefficient (Wildman–Crippen LogP) is 7.75. The van der Waals surface area contributed by atoms with Crippen molar-refractivity contribution in [3.63, 3.8) is 0 Å². The molecule has 2 fully saturated rings. The summed E-state index contributed by atoms with van der Waals surface area (Å²) in [5, 5.41) is 21.1. The van der Waals surface area contributed by atoms with E-state index in [-0.39, 0.29) is 5.04 Å². The van der Waals surface area contributed by atoms with Crippen LogP contribution < -0.4 is 16.0 Å². The molecule has 2 saturated carbocycles. The Morgan fingerprint density at radius 3 is 2.29 bits per heavy atom. The average Bonchev–Trinajstić information content (AvgIpc) is 2.95. The lowest BCUT2D eigenvalue weighted by Crippen LogP contribution is -2.45. The van der Waals surface area contributed by atoms with Crippen molar-refractivity contribution in [3.8, 4) is 6.07 Å². The minimum atomic E-state index is -1.67. The average molecular weight is 597 g/mol. The topological polar surface area (TPSA) is 94.9 Å². The van der Waals surface area contributed by atoms with Crippen LogP contribution >= 0.6 is 11.6 Å². The van der Waals surface area contributed by atoms with E-state index >= 15 is 0 Å². The number of benzene rings is 1. The summed E-state index contributed by atoms with van der Waals surface area (Å²) in [7, 11) is -1.67. The Kier molecular flexibility index (Phi) is 11.1. The first kappa shape index (κ1) is 31.7. The second kappa shape index (κ2) is 14.3. The van der Waals surface area contributed by atoms with Crippen LogP contribution in [0.5, 0.6) is 0 Å². The SMILES string of the molecule is CC(C)(C)[Si](C)(C)OC1CCC(CNC2CCC(CNc3nc(NCc4ccccc4Cl)ncc3C#N)CC2)CC1. The molecule has 0 saturated heterocycles. The van der Waals surface area contributed by atoms with Gasteiger partial charge in [0.25, 0.3) is 0 Å². The molecule has 2 aliphatic carbocycles. The van der Waals surface area contributed by atoms with Gasteiger partial charge in [-0.3, -0.25) is 0 Å². The van der Waals surface area contributed by atoms with E-state index in [1.165, 1.54) is 51.4 Å². The highest BCUT2D eigenvalue weighted by Gasteiger charge is 2.39. The van der Waals surface area contributed by atoms with Gasteiger partial charge in [0.2, 0.25) is 5.95 Å². The molecule has 9 heteroatoms. The molecule has 1 aromatic heterocycles. The molecule has 0 bridgehead atoms. The van der Waals surface area contributed by atoms with Crippen molar-refractivity contribution < 1.29 is 4.43 Å². The number of hydrogen-bond donors (Lipinski definition) is 3. The van der Waals surface area contributed by atoms with Gasteiger partial charge >= 0.3 is 0 Å². The van der Waals surface area contributed by atoms with Gasteiger partial charge in [-0.2, -0.15) is 10.2 Å². The fourth-order valence-electron chi connectivity index (χ4n) is 5.69. The molecule has 0 amide bonds. The lowest BCUT2D eigenvalue weighted by atomic mass is 9.84. The van der Waals surface area contributed by atoms with Gasteiger partial charge in [0.1, 0.15) is 17.5 Å². The summed E-state index contributed by atoms with van der Waals surface area (Å²) in [5.41, 5.74) is 1.44. The van der Waals surface area contributed by atoms with Crippen LogP contribution in [-0.4, -0.2) is 43.5 Å². The van der Waals surface area contributed by atoms with Crippen molar-refractivity contribution in [2.75, 3.05) is 23.7 Å². The maximum absolute atomic E-state index is 9.57. The van der Waals surface area contributed by atoms with Crippen molar-refractivity contribution in [2.45, 2.75) is 109 Å². The third-order valence-electron chi connectivity index (χ3n) is 9.47. The Bertz CT molecular complexity index is 1160. The molecule has 41 heavy (non-hydrogen) atoms. The van der Waals surface area contributed by atoms with E-state index in [9.17, 15) is 5.26 Å². The highest BCUT2D eigenvalue weighted by molar-refractivity contribution is 6.74. The number of nitriles is 1. The van der Waals surface area contributed by atoms with E-state index in [0.717, 1.165) is 24.6 Å². The second-order valence-corrected chi connectivity index (χ2v) is 18.7. The Morgan fingerprint density at radius 1 is 0.976 bits per heavy atom. The molecule has 0 atom stereocenters. The molecular weight excluding hydrogens is 548 g/mol. The summed E-state index contributed by atoms with van der Waals surface area (Å²) < 4.78 is 6.69. The molecule has 0 radical (unpaired) electrons. The molecule has 0 aliphatic heterocycles. The minimum Gasteiger partial charge on any atom is -0.414 e. The van der Waals surface area contributed by atoms with Gasteiger partial charge < -0.3 is 20.4 Å². The number of anilines is 2. The molecule has 1 heterocycles. The van der Waals surface area contributed by atoms with Crippen LogP contribution in [0.25, 0.3) is 0 Å². The van der Waals surface area contributed by atoms with Crippen molar-refractivity contribution in [1.82, 2.24) is 15.3 Å². The molecule has 0 spiro atoms. The zero-order valence-corrected chi connectivity index (χ0v) is 27.4. The Balaban J connectivity index is 1.16. The van der Waals surface area contributed by atoms with Crippen LogP contribution in [0.4, 0.5) is 11.8 Å². The van der Waals surface area contributed by atoms with Crippen molar-refractivity contribution in [1.29, 1.82) is 5.26 Å². The van der Waals surface area contributed by atoms with Gasteiger partial charge in [0, 0.05) is 30.3 Å². The highest BCUT2D eigenvalue weighted by atomic mass is 35.5. The summed E-state index contributed by atoms with van der Waals surface area (Å²) in [5.74, 6) is 2.44. The third kappa shape index (κ3) is 9.15. The van der Waals surface area contributed by atoms with Crippen LogP contribution in [0.2, 0.25) is 23.2 Å². The number of nitrogens with one attached hydrogen (secondary N) is 3. The van der Waals surface area contributed by atoms with Gasteiger partial charge in [-0.25, -0.2) is 4.98 Å². The zero-order chi connectivity index (χ0) is 29.5. The molecule has 2 aromatic rings. The van der Waals surface area contributed by atoms with Crippen LogP contribution in [-0.2, 0) is 11.0 Å². The maximum atomic E-state index is 9.57. The summed E-state index contributed by atoms with van der Waals surface area (Å²) in [4.78, 5) is 8.89. The number of aromatic nitrogens is 2. The van der Waals surface area contributed by atoms with Crippen molar-refractivity contribution >= 4 is 31.7 Å². The molecule has 4 rings (SSSR count). The summed E-state index contributed by atoms with van der Waals surface area (Å²) in [6.07, 6.45) is 11.8. The monoisotopic (exact) mass is 596 g/mol. The van der Waals surface area contributed by atoms with Gasteiger partial charge in [-0.1, -0.05) is 50.6 Å². The summed E-state index contributed by atoms with van der Waals surface area (Å²) in [6.45, 7) is 14.2. The van der Waals surface area contributed by atoms with Gasteiger partial charge in [-0.05, 0) is 99.5 Å². The van der Waals surface area contributed by atoms with Crippen LogP contribution in [0.15, 0.2) is 30.5 Å². The van der Waals surface area contributed by atoms with Crippen LogP contribution in [0, 0.1) is 23.2 Å². The first-order valence-electron chi connectivity index (χ1n) is 15.4. The van der Waals surface area contributed by atoms with Gasteiger partial charge in [0.15, 0.2) is 8.32 Å². The van der Waals surface area contributed by atoms with E-state index in [4.69, 9.17) is 16.0 Å². The fourth-order valence-corrected chi connectivity index (χ4v) is 7.32. The lowest BCUT2D eigenvalue weighted by Gasteiger charge is -2.41. The molecule has 7 nitrogen and oxygen atoms in total. The van der Waals surface area contributed by atoms with Gasteiger partial charge in [0.05, 0.1) is 6.20 Å². The summed E-state index contributed by atoms with van der Waals surface area (Å²) >= 11 is 6.27. The van der Waals surface area contributed by atoms with E-state index in [0.29, 0.717) is 47.0 Å². The fraction of sp³-hybridized carbons (Fsp3) is 0.656.